The number of alkyl halides is 3. The Labute approximate surface area is 188 Å². The molecule has 9 heteroatoms. The monoisotopic (exact) mass is 462 g/mol. The number of benzene rings is 1. The van der Waals surface area contributed by atoms with E-state index in [1.54, 1.807) is 0 Å². The molecule has 0 radical (unpaired) electrons. The average molecular weight is 463 g/mol. The molecule has 0 bridgehead atoms. The number of fused-ring (bicyclic) bond motifs is 1. The van der Waals surface area contributed by atoms with E-state index in [4.69, 9.17) is 14.7 Å². The van der Waals surface area contributed by atoms with Crippen molar-refractivity contribution in [1.82, 2.24) is 14.9 Å². The lowest BCUT2D eigenvalue weighted by Crippen LogP contribution is -2.42. The Morgan fingerprint density at radius 3 is 2.59 bits per heavy atom. The Morgan fingerprint density at radius 2 is 1.84 bits per heavy atom. The smallest absolute Gasteiger partial charge is 0.379 e. The van der Waals surface area contributed by atoms with Crippen LogP contribution in [-0.2, 0) is 11.3 Å². The molecule has 1 aromatic carbocycles. The van der Waals surface area contributed by atoms with Gasteiger partial charge in [0.15, 0.2) is 0 Å². The normalized spacial score (nSPS) is 20.7. The quantitative estimate of drug-likeness (QED) is 0.548. The third-order valence-corrected chi connectivity index (χ3v) is 7.07. The van der Waals surface area contributed by atoms with Gasteiger partial charge in [-0.3, -0.25) is 4.90 Å². The predicted octanol–water partition coefficient (Wildman–Crippen LogP) is 4.97. The number of rotatable bonds is 4. The van der Waals surface area contributed by atoms with Gasteiger partial charge in [-0.15, -0.1) is 11.3 Å². The van der Waals surface area contributed by atoms with Crippen LogP contribution < -0.4 is 4.90 Å². The summed E-state index contributed by atoms with van der Waals surface area (Å²) in [5, 5.41) is 2.90. The molecule has 2 aromatic heterocycles. The van der Waals surface area contributed by atoms with Crippen molar-refractivity contribution in [2.45, 2.75) is 25.6 Å². The molecule has 1 unspecified atom stereocenters. The van der Waals surface area contributed by atoms with Crippen LogP contribution in [-0.4, -0.2) is 60.4 Å². The van der Waals surface area contributed by atoms with Crippen LogP contribution in [0.15, 0.2) is 35.7 Å². The molecule has 170 valence electrons. The van der Waals surface area contributed by atoms with E-state index in [0.717, 1.165) is 34.4 Å². The summed E-state index contributed by atoms with van der Waals surface area (Å²) in [6.45, 7) is 4.03. The molecule has 0 saturated carbocycles. The second-order valence-corrected chi connectivity index (χ2v) is 9.23. The van der Waals surface area contributed by atoms with Crippen molar-refractivity contribution in [2.24, 2.45) is 5.92 Å². The van der Waals surface area contributed by atoms with Gasteiger partial charge in [0, 0.05) is 37.1 Å². The highest BCUT2D eigenvalue weighted by atomic mass is 32.1. The number of hydrogen-bond donors (Lipinski definition) is 0. The molecule has 0 aliphatic carbocycles. The second-order valence-electron chi connectivity index (χ2n) is 8.37. The van der Waals surface area contributed by atoms with Gasteiger partial charge in [-0.25, -0.2) is 9.97 Å². The molecule has 0 N–H and O–H groups in total. The van der Waals surface area contributed by atoms with Crippen molar-refractivity contribution in [3.05, 3.63) is 41.5 Å². The minimum atomic E-state index is -4.20. The summed E-state index contributed by atoms with van der Waals surface area (Å²) in [5.74, 6) is -0.0416. The lowest BCUT2D eigenvalue weighted by molar-refractivity contribution is -0.176. The zero-order valence-corrected chi connectivity index (χ0v) is 18.5. The molecule has 0 spiro atoms. The summed E-state index contributed by atoms with van der Waals surface area (Å²) < 4.78 is 46.1. The van der Waals surface area contributed by atoms with E-state index < -0.39 is 12.1 Å². The van der Waals surface area contributed by atoms with Crippen LogP contribution in [0.5, 0.6) is 0 Å². The van der Waals surface area contributed by atoms with E-state index in [1.807, 2.05) is 40.6 Å². The maximum Gasteiger partial charge on any atom is 0.393 e. The van der Waals surface area contributed by atoms with Crippen molar-refractivity contribution in [2.75, 3.05) is 44.3 Å². The van der Waals surface area contributed by atoms with Gasteiger partial charge in [0.2, 0.25) is 0 Å². The van der Waals surface area contributed by atoms with E-state index in [-0.39, 0.29) is 13.0 Å². The molecule has 4 heterocycles. The molecule has 2 aliphatic rings. The van der Waals surface area contributed by atoms with Gasteiger partial charge in [0.25, 0.3) is 0 Å². The summed E-state index contributed by atoms with van der Waals surface area (Å²) in [6.07, 6.45) is -3.53. The summed E-state index contributed by atoms with van der Waals surface area (Å²) in [7, 11) is 0. The Morgan fingerprint density at radius 1 is 1.06 bits per heavy atom. The SMILES string of the molecule is FC(F)(F)C1CCCN(c2nc(CN3CCOCC3)nc3scc(-c4ccccc4)c23)C1. The van der Waals surface area contributed by atoms with Crippen LogP contribution in [0.1, 0.15) is 18.7 Å². The number of nitrogens with zero attached hydrogens (tertiary/aromatic N) is 4. The Hall–Kier alpha value is -2.23. The standard InChI is InChI=1S/C23H25F3N4OS/c24-23(25,26)17-7-4-8-30(13-17)21-20-18(16-5-2-1-3-6-16)15-32-22(20)28-19(27-21)14-29-9-11-31-12-10-29/h1-3,5-6,15,17H,4,7-14H2. The number of halogens is 3. The molecule has 3 aromatic rings. The first-order chi connectivity index (χ1) is 15.5. The minimum Gasteiger partial charge on any atom is -0.379 e. The van der Waals surface area contributed by atoms with Gasteiger partial charge in [-0.1, -0.05) is 30.3 Å². The predicted molar refractivity (Wildman–Crippen MR) is 120 cm³/mol. The number of piperidine rings is 1. The molecular weight excluding hydrogens is 437 g/mol. The Bertz CT molecular complexity index is 1070. The summed E-state index contributed by atoms with van der Waals surface area (Å²) >= 11 is 1.53. The molecular formula is C23H25F3N4OS. The first-order valence-corrected chi connectivity index (χ1v) is 11.8. The van der Waals surface area contributed by atoms with Gasteiger partial charge in [0.1, 0.15) is 16.5 Å². The fraction of sp³-hybridized carbons (Fsp3) is 0.478. The van der Waals surface area contributed by atoms with Crippen molar-refractivity contribution in [3.63, 3.8) is 0 Å². The third kappa shape index (κ3) is 4.46. The van der Waals surface area contributed by atoms with E-state index in [1.165, 1.54) is 11.3 Å². The summed E-state index contributed by atoms with van der Waals surface area (Å²) in [5.41, 5.74) is 2.00. The van der Waals surface area contributed by atoms with Crippen LogP contribution >= 0.6 is 11.3 Å². The maximum absolute atomic E-state index is 13.5. The number of thiophene rings is 1. The number of hydrogen-bond acceptors (Lipinski definition) is 6. The van der Waals surface area contributed by atoms with Crippen LogP contribution in [0.25, 0.3) is 21.3 Å². The van der Waals surface area contributed by atoms with Crippen molar-refractivity contribution < 1.29 is 17.9 Å². The highest BCUT2D eigenvalue weighted by molar-refractivity contribution is 7.17. The van der Waals surface area contributed by atoms with Gasteiger partial charge in [0.05, 0.1) is 31.1 Å². The van der Waals surface area contributed by atoms with Crippen molar-refractivity contribution in [3.8, 4) is 11.1 Å². The van der Waals surface area contributed by atoms with Gasteiger partial charge in [-0.05, 0) is 18.4 Å². The van der Waals surface area contributed by atoms with Crippen LogP contribution in [0.3, 0.4) is 0 Å². The van der Waals surface area contributed by atoms with Gasteiger partial charge in [-0.2, -0.15) is 13.2 Å². The van der Waals surface area contributed by atoms with E-state index in [2.05, 4.69) is 4.90 Å². The maximum atomic E-state index is 13.5. The largest absolute Gasteiger partial charge is 0.393 e. The van der Waals surface area contributed by atoms with Gasteiger partial charge >= 0.3 is 6.18 Å². The molecule has 2 saturated heterocycles. The van der Waals surface area contributed by atoms with Gasteiger partial charge < -0.3 is 9.64 Å². The molecule has 5 nitrogen and oxygen atoms in total. The van der Waals surface area contributed by atoms with E-state index in [0.29, 0.717) is 44.4 Å². The van der Waals surface area contributed by atoms with Crippen LogP contribution in [0.4, 0.5) is 19.0 Å². The molecule has 0 amide bonds. The fourth-order valence-electron chi connectivity index (χ4n) is 4.49. The van der Waals surface area contributed by atoms with E-state index >= 15 is 0 Å². The first-order valence-electron chi connectivity index (χ1n) is 10.9. The molecule has 2 aliphatic heterocycles. The molecule has 32 heavy (non-hydrogen) atoms. The highest BCUT2D eigenvalue weighted by Crippen LogP contribution is 2.41. The Balaban J connectivity index is 1.57. The number of ether oxygens (including phenoxy) is 1. The summed E-state index contributed by atoms with van der Waals surface area (Å²) in [4.78, 5) is 14.6. The topological polar surface area (TPSA) is 41.5 Å². The Kier molecular flexibility index (Phi) is 6.05. The minimum absolute atomic E-state index is 0.0588. The highest BCUT2D eigenvalue weighted by Gasteiger charge is 2.42. The average Bonchev–Trinajstić information content (AvgIpc) is 3.23. The van der Waals surface area contributed by atoms with Crippen molar-refractivity contribution >= 4 is 27.4 Å². The lowest BCUT2D eigenvalue weighted by atomic mass is 9.97. The molecule has 2 fully saturated rings. The number of aromatic nitrogens is 2. The van der Waals surface area contributed by atoms with E-state index in [9.17, 15) is 13.2 Å². The third-order valence-electron chi connectivity index (χ3n) is 6.20. The summed E-state index contributed by atoms with van der Waals surface area (Å²) in [6, 6.07) is 9.91. The molecule has 1 atom stereocenters. The number of anilines is 1. The zero-order chi connectivity index (χ0) is 22.1. The van der Waals surface area contributed by atoms with Crippen LogP contribution in [0.2, 0.25) is 0 Å². The number of morpholine rings is 1. The molecule has 5 rings (SSSR count). The lowest BCUT2D eigenvalue weighted by Gasteiger charge is -2.35. The second kappa shape index (κ2) is 8.96. The fourth-order valence-corrected chi connectivity index (χ4v) is 5.45. The van der Waals surface area contributed by atoms with Crippen LogP contribution in [0, 0.1) is 5.92 Å². The zero-order valence-electron chi connectivity index (χ0n) is 17.6. The first kappa shape index (κ1) is 21.6. The van der Waals surface area contributed by atoms with Crippen molar-refractivity contribution in [1.29, 1.82) is 0 Å².